The van der Waals surface area contributed by atoms with Crippen molar-refractivity contribution in [1.29, 1.82) is 0 Å². The molecule has 4 rings (SSSR count). The summed E-state index contributed by atoms with van der Waals surface area (Å²) in [6.07, 6.45) is 6.56. The molecule has 2 unspecified atom stereocenters. The van der Waals surface area contributed by atoms with Crippen molar-refractivity contribution in [3.05, 3.63) is 17.4 Å². The molecule has 1 spiro atoms. The number of nitrogens with one attached hydrogen (secondary N) is 2. The second-order valence-corrected chi connectivity index (χ2v) is 7.40. The van der Waals surface area contributed by atoms with Gasteiger partial charge in [0.1, 0.15) is 6.33 Å². The molecule has 1 amide bonds. The summed E-state index contributed by atoms with van der Waals surface area (Å²) in [4.78, 5) is 20.9. The van der Waals surface area contributed by atoms with Crippen LogP contribution in [0.25, 0.3) is 10.8 Å². The molecule has 2 saturated carbocycles. The van der Waals surface area contributed by atoms with Crippen molar-refractivity contribution in [3.8, 4) is 10.8 Å². The Kier molecular flexibility index (Phi) is 4.09. The van der Waals surface area contributed by atoms with Crippen LogP contribution in [-0.4, -0.2) is 44.8 Å². The molecule has 0 bridgehead atoms. The Hall–Kier alpha value is -1.80. The van der Waals surface area contributed by atoms with Crippen LogP contribution in [-0.2, 0) is 16.0 Å². The van der Waals surface area contributed by atoms with Gasteiger partial charge in [0.05, 0.1) is 18.2 Å². The molecule has 0 aliphatic heterocycles. The lowest BCUT2D eigenvalue weighted by atomic mass is 9.51. The molecular formula is C16H21N5O2S. The van der Waals surface area contributed by atoms with Crippen LogP contribution in [0, 0.1) is 5.41 Å². The van der Waals surface area contributed by atoms with Gasteiger partial charge in [-0.05, 0) is 26.2 Å². The third kappa shape index (κ3) is 2.63. The lowest BCUT2D eigenvalue weighted by Crippen LogP contribution is -2.67. The Morgan fingerprint density at radius 1 is 1.54 bits per heavy atom. The third-order valence-corrected chi connectivity index (χ3v) is 6.18. The van der Waals surface area contributed by atoms with Crippen molar-refractivity contribution in [3.63, 3.8) is 0 Å². The summed E-state index contributed by atoms with van der Waals surface area (Å²) in [7, 11) is 0. The van der Waals surface area contributed by atoms with Gasteiger partial charge in [0.25, 0.3) is 0 Å². The van der Waals surface area contributed by atoms with Crippen molar-refractivity contribution in [1.82, 2.24) is 25.5 Å². The number of aromatic amines is 1. The molecule has 2 aromatic rings. The zero-order valence-electron chi connectivity index (χ0n) is 13.6. The fourth-order valence-corrected chi connectivity index (χ4v) is 4.62. The minimum absolute atomic E-state index is 0.0376. The Bertz CT molecular complexity index is 710. The van der Waals surface area contributed by atoms with Gasteiger partial charge in [-0.3, -0.25) is 9.89 Å². The predicted octanol–water partition coefficient (Wildman–Crippen LogP) is 1.93. The first kappa shape index (κ1) is 15.7. The average Bonchev–Trinajstić information content (AvgIpc) is 3.14. The van der Waals surface area contributed by atoms with E-state index < -0.39 is 0 Å². The van der Waals surface area contributed by atoms with E-state index in [2.05, 4.69) is 25.5 Å². The van der Waals surface area contributed by atoms with Gasteiger partial charge in [-0.15, -0.1) is 11.3 Å². The summed E-state index contributed by atoms with van der Waals surface area (Å²) in [5.41, 5.74) is 0.964. The normalized spacial score (nSPS) is 24.4. The summed E-state index contributed by atoms with van der Waals surface area (Å²) >= 11 is 1.47. The van der Waals surface area contributed by atoms with Gasteiger partial charge in [0.15, 0.2) is 10.8 Å². The minimum atomic E-state index is 0.0376. The van der Waals surface area contributed by atoms with E-state index in [4.69, 9.17) is 4.74 Å². The molecule has 0 radical (unpaired) electrons. The molecular weight excluding hydrogens is 326 g/mol. The molecule has 0 aromatic carbocycles. The van der Waals surface area contributed by atoms with Gasteiger partial charge >= 0.3 is 0 Å². The van der Waals surface area contributed by atoms with Crippen molar-refractivity contribution < 1.29 is 9.53 Å². The number of hydrogen-bond donors (Lipinski definition) is 2. The molecule has 2 fully saturated rings. The van der Waals surface area contributed by atoms with Crippen LogP contribution in [0.4, 0.5) is 0 Å². The van der Waals surface area contributed by atoms with Crippen LogP contribution in [0.3, 0.4) is 0 Å². The van der Waals surface area contributed by atoms with E-state index in [1.54, 1.807) is 0 Å². The smallest absolute Gasteiger partial charge is 0.226 e. The maximum absolute atomic E-state index is 12.4. The monoisotopic (exact) mass is 347 g/mol. The first-order valence-electron chi connectivity index (χ1n) is 8.42. The van der Waals surface area contributed by atoms with Crippen molar-refractivity contribution >= 4 is 17.2 Å². The number of H-pyrrole nitrogens is 1. The lowest BCUT2D eigenvalue weighted by molar-refractivity contribution is -0.175. The van der Waals surface area contributed by atoms with Crippen LogP contribution < -0.4 is 5.32 Å². The highest BCUT2D eigenvalue weighted by atomic mass is 32.1. The summed E-state index contributed by atoms with van der Waals surface area (Å²) in [5.74, 6) is 0.675. The van der Waals surface area contributed by atoms with Gasteiger partial charge in [0, 0.05) is 23.4 Å². The molecule has 2 N–H and O–H groups in total. The highest BCUT2D eigenvalue weighted by molar-refractivity contribution is 7.13. The van der Waals surface area contributed by atoms with Crippen LogP contribution in [0.15, 0.2) is 11.7 Å². The van der Waals surface area contributed by atoms with Crippen molar-refractivity contribution in [2.45, 2.75) is 51.2 Å². The Morgan fingerprint density at radius 2 is 2.42 bits per heavy atom. The van der Waals surface area contributed by atoms with E-state index in [0.29, 0.717) is 18.3 Å². The highest BCUT2D eigenvalue weighted by Crippen LogP contribution is 2.57. The number of ether oxygens (including phenoxy) is 1. The molecule has 8 heteroatoms. The van der Waals surface area contributed by atoms with E-state index in [-0.39, 0.29) is 17.4 Å². The van der Waals surface area contributed by atoms with Crippen LogP contribution in [0.1, 0.15) is 38.3 Å². The zero-order chi connectivity index (χ0) is 16.6. The molecule has 2 heterocycles. The predicted molar refractivity (Wildman–Crippen MR) is 89.4 cm³/mol. The Labute approximate surface area is 144 Å². The molecule has 2 aliphatic rings. The molecule has 0 saturated heterocycles. The van der Waals surface area contributed by atoms with Gasteiger partial charge < -0.3 is 10.1 Å². The Morgan fingerprint density at radius 3 is 3.08 bits per heavy atom. The lowest BCUT2D eigenvalue weighted by Gasteiger charge is -2.61. The van der Waals surface area contributed by atoms with E-state index >= 15 is 0 Å². The fourth-order valence-electron chi connectivity index (χ4n) is 3.86. The van der Waals surface area contributed by atoms with Gasteiger partial charge in [-0.2, -0.15) is 5.10 Å². The van der Waals surface area contributed by atoms with Crippen LogP contribution in [0.5, 0.6) is 0 Å². The largest absolute Gasteiger partial charge is 0.378 e. The standard InChI is InChI=1S/C16H21N5O2S/c1-2-23-12-7-11(16(12)4-3-5-16)20-13(22)6-10-8-24-15(19-10)14-17-9-18-21-14/h8-9,11-12H,2-7H2,1H3,(H,20,22)(H,17,18,21). The summed E-state index contributed by atoms with van der Waals surface area (Å²) in [6, 6.07) is 0.252. The quantitative estimate of drug-likeness (QED) is 0.833. The van der Waals surface area contributed by atoms with Gasteiger partial charge in [-0.1, -0.05) is 6.42 Å². The maximum atomic E-state index is 12.4. The van der Waals surface area contributed by atoms with E-state index in [9.17, 15) is 4.79 Å². The summed E-state index contributed by atoms with van der Waals surface area (Å²) in [6.45, 7) is 2.78. The summed E-state index contributed by atoms with van der Waals surface area (Å²) < 4.78 is 5.83. The maximum Gasteiger partial charge on any atom is 0.226 e. The minimum Gasteiger partial charge on any atom is -0.378 e. The third-order valence-electron chi connectivity index (χ3n) is 5.28. The summed E-state index contributed by atoms with van der Waals surface area (Å²) in [5, 5.41) is 12.5. The highest BCUT2D eigenvalue weighted by Gasteiger charge is 2.59. The average molecular weight is 347 g/mol. The fraction of sp³-hybridized carbons (Fsp3) is 0.625. The van der Waals surface area contributed by atoms with Crippen LogP contribution >= 0.6 is 11.3 Å². The van der Waals surface area contributed by atoms with Crippen LogP contribution in [0.2, 0.25) is 0 Å². The van der Waals surface area contributed by atoms with Gasteiger partial charge in [0.2, 0.25) is 5.91 Å². The van der Waals surface area contributed by atoms with E-state index in [0.717, 1.165) is 36.6 Å². The molecule has 7 nitrogen and oxygen atoms in total. The first-order valence-corrected chi connectivity index (χ1v) is 9.30. The topological polar surface area (TPSA) is 92.8 Å². The number of amides is 1. The molecule has 128 valence electrons. The van der Waals surface area contributed by atoms with E-state index in [1.165, 1.54) is 24.1 Å². The van der Waals surface area contributed by atoms with Gasteiger partial charge in [-0.25, -0.2) is 9.97 Å². The second kappa shape index (κ2) is 6.25. The van der Waals surface area contributed by atoms with Crippen molar-refractivity contribution in [2.75, 3.05) is 6.61 Å². The number of thiazole rings is 1. The first-order chi connectivity index (χ1) is 11.7. The molecule has 2 atom stereocenters. The van der Waals surface area contributed by atoms with Crippen molar-refractivity contribution in [2.24, 2.45) is 5.41 Å². The Balaban J connectivity index is 1.34. The number of nitrogens with zero attached hydrogens (tertiary/aromatic N) is 3. The molecule has 2 aromatic heterocycles. The second-order valence-electron chi connectivity index (χ2n) is 6.54. The number of hydrogen-bond acceptors (Lipinski definition) is 6. The molecule has 24 heavy (non-hydrogen) atoms. The number of carbonyl (C=O) groups excluding carboxylic acids is 1. The molecule has 2 aliphatic carbocycles. The van der Waals surface area contributed by atoms with E-state index in [1.807, 2.05) is 12.3 Å². The number of rotatable bonds is 6. The zero-order valence-corrected chi connectivity index (χ0v) is 14.4. The number of aromatic nitrogens is 4. The number of carbonyl (C=O) groups is 1. The SMILES string of the molecule is CCOC1CC(NC(=O)Cc2csc(-c3ncn[nH]3)n2)C12CCC2.